The molecule has 7 nitrogen and oxygen atoms in total. The molecule has 1 amide bonds. The van der Waals surface area contributed by atoms with Crippen LogP contribution in [0.3, 0.4) is 0 Å². The Hall–Kier alpha value is -2.94. The Kier molecular flexibility index (Phi) is 6.77. The summed E-state index contributed by atoms with van der Waals surface area (Å²) in [5.74, 6) is 1.18. The highest BCUT2D eigenvalue weighted by Crippen LogP contribution is 2.30. The number of nitrogens with one attached hydrogen (secondary N) is 1. The van der Waals surface area contributed by atoms with E-state index in [0.717, 1.165) is 36.1 Å². The van der Waals surface area contributed by atoms with Crippen LogP contribution in [-0.4, -0.2) is 37.6 Å². The van der Waals surface area contributed by atoms with Gasteiger partial charge in [-0.3, -0.25) is 18.7 Å². The standard InChI is InChI=1S/C26H29FN4O3S/c1-16-4-2-3-5-21(16)24(32)29-18-6-8-19(9-7-18)31-25(33)22-14-17(27)15-28-23(22)30(26(31)34)20-10-12-35-13-11-20/h2-5,14-15,18-20H,6-13H2,1H3,(H,29,32). The van der Waals surface area contributed by atoms with Gasteiger partial charge < -0.3 is 5.32 Å². The van der Waals surface area contributed by atoms with E-state index in [9.17, 15) is 18.8 Å². The number of benzene rings is 1. The van der Waals surface area contributed by atoms with Gasteiger partial charge >= 0.3 is 5.69 Å². The Morgan fingerprint density at radius 1 is 1.03 bits per heavy atom. The fraction of sp³-hybridized carbons (Fsp3) is 0.462. The molecule has 1 saturated carbocycles. The molecule has 3 heterocycles. The van der Waals surface area contributed by atoms with Gasteiger partial charge in [0.2, 0.25) is 0 Å². The Labute approximate surface area is 206 Å². The average Bonchev–Trinajstić information content (AvgIpc) is 2.86. The maximum absolute atomic E-state index is 14.1. The molecule has 2 aromatic heterocycles. The highest BCUT2D eigenvalue weighted by molar-refractivity contribution is 7.99. The van der Waals surface area contributed by atoms with Gasteiger partial charge in [-0.25, -0.2) is 14.2 Å². The van der Waals surface area contributed by atoms with Crippen LogP contribution < -0.4 is 16.6 Å². The second kappa shape index (κ2) is 9.97. The van der Waals surface area contributed by atoms with Gasteiger partial charge in [-0.2, -0.15) is 11.8 Å². The van der Waals surface area contributed by atoms with E-state index >= 15 is 0 Å². The summed E-state index contributed by atoms with van der Waals surface area (Å²) in [7, 11) is 0. The third-order valence-electron chi connectivity index (χ3n) is 7.27. The third kappa shape index (κ3) is 4.66. The number of pyridine rings is 1. The van der Waals surface area contributed by atoms with Crippen LogP contribution in [0.15, 0.2) is 46.1 Å². The number of rotatable bonds is 4. The summed E-state index contributed by atoms with van der Waals surface area (Å²) in [6.07, 6.45) is 5.19. The topological polar surface area (TPSA) is 86.0 Å². The van der Waals surface area contributed by atoms with Crippen molar-refractivity contribution in [2.75, 3.05) is 11.5 Å². The summed E-state index contributed by atoms with van der Waals surface area (Å²) >= 11 is 1.85. The van der Waals surface area contributed by atoms with Crippen molar-refractivity contribution in [2.45, 2.75) is 63.6 Å². The first-order valence-corrected chi connectivity index (χ1v) is 13.4. The minimum Gasteiger partial charge on any atom is -0.349 e. The smallest absolute Gasteiger partial charge is 0.333 e. The molecule has 2 aliphatic rings. The summed E-state index contributed by atoms with van der Waals surface area (Å²) in [4.78, 5) is 44.0. The van der Waals surface area contributed by atoms with Crippen LogP contribution in [0.2, 0.25) is 0 Å². The first kappa shape index (κ1) is 23.8. The minimum atomic E-state index is -0.590. The van der Waals surface area contributed by atoms with Gasteiger partial charge in [0.25, 0.3) is 11.5 Å². The maximum Gasteiger partial charge on any atom is 0.333 e. The van der Waals surface area contributed by atoms with Gasteiger partial charge in [0.15, 0.2) is 0 Å². The van der Waals surface area contributed by atoms with Crippen molar-refractivity contribution in [3.8, 4) is 0 Å². The van der Waals surface area contributed by atoms with E-state index in [1.807, 2.05) is 43.0 Å². The molecule has 0 bridgehead atoms. The summed E-state index contributed by atoms with van der Waals surface area (Å²) in [6.45, 7) is 1.91. The zero-order valence-electron chi connectivity index (χ0n) is 19.7. The molecule has 0 atom stereocenters. The molecule has 9 heteroatoms. The number of aryl methyl sites for hydroxylation is 1. The molecule has 0 radical (unpaired) electrons. The van der Waals surface area contributed by atoms with Crippen molar-refractivity contribution in [3.63, 3.8) is 0 Å². The van der Waals surface area contributed by atoms with Crippen LogP contribution in [-0.2, 0) is 0 Å². The van der Waals surface area contributed by atoms with E-state index in [-0.39, 0.29) is 40.8 Å². The van der Waals surface area contributed by atoms with Gasteiger partial charge in [0, 0.05) is 23.7 Å². The summed E-state index contributed by atoms with van der Waals surface area (Å²) < 4.78 is 17.0. The molecule has 35 heavy (non-hydrogen) atoms. The summed E-state index contributed by atoms with van der Waals surface area (Å²) in [5, 5.41) is 3.26. The number of carbonyl (C=O) groups is 1. The molecule has 3 aromatic rings. The summed E-state index contributed by atoms with van der Waals surface area (Å²) in [6, 6.07) is 8.29. The molecule has 184 valence electrons. The molecular formula is C26H29FN4O3S. The molecule has 1 aliphatic carbocycles. The zero-order valence-corrected chi connectivity index (χ0v) is 20.5. The largest absolute Gasteiger partial charge is 0.349 e. The number of fused-ring (bicyclic) bond motifs is 1. The van der Waals surface area contributed by atoms with Gasteiger partial charge in [-0.05, 0) is 74.7 Å². The summed E-state index contributed by atoms with van der Waals surface area (Å²) in [5.41, 5.74) is 1.01. The van der Waals surface area contributed by atoms with E-state index in [0.29, 0.717) is 31.2 Å². The Balaban J connectivity index is 1.42. The van der Waals surface area contributed by atoms with Crippen molar-refractivity contribution in [1.29, 1.82) is 0 Å². The van der Waals surface area contributed by atoms with Crippen molar-refractivity contribution >= 4 is 28.7 Å². The van der Waals surface area contributed by atoms with Crippen LogP contribution in [0.1, 0.15) is 66.5 Å². The lowest BCUT2D eigenvalue weighted by Crippen LogP contribution is -2.46. The lowest BCUT2D eigenvalue weighted by Gasteiger charge is -2.31. The maximum atomic E-state index is 14.1. The van der Waals surface area contributed by atoms with Crippen LogP contribution in [0, 0.1) is 12.7 Å². The molecule has 1 saturated heterocycles. The lowest BCUT2D eigenvalue weighted by molar-refractivity contribution is 0.0921. The highest BCUT2D eigenvalue weighted by Gasteiger charge is 2.30. The van der Waals surface area contributed by atoms with Gasteiger partial charge in [0.1, 0.15) is 11.5 Å². The highest BCUT2D eigenvalue weighted by atomic mass is 32.2. The van der Waals surface area contributed by atoms with Crippen LogP contribution in [0.25, 0.3) is 11.0 Å². The third-order valence-corrected chi connectivity index (χ3v) is 8.31. The molecule has 1 N–H and O–H groups in total. The molecule has 1 aliphatic heterocycles. The van der Waals surface area contributed by atoms with Crippen molar-refractivity contribution < 1.29 is 9.18 Å². The molecule has 0 spiro atoms. The quantitative estimate of drug-likeness (QED) is 0.590. The first-order chi connectivity index (χ1) is 16.9. The minimum absolute atomic E-state index is 0.0220. The number of hydrogen-bond donors (Lipinski definition) is 1. The van der Waals surface area contributed by atoms with Crippen molar-refractivity contribution in [1.82, 2.24) is 19.4 Å². The number of nitrogens with zero attached hydrogens (tertiary/aromatic N) is 3. The zero-order chi connectivity index (χ0) is 24.5. The second-order valence-electron chi connectivity index (χ2n) is 9.49. The van der Waals surface area contributed by atoms with E-state index in [2.05, 4.69) is 10.3 Å². The normalized spacial score (nSPS) is 21.2. The van der Waals surface area contributed by atoms with Gasteiger partial charge in [0.05, 0.1) is 11.6 Å². The molecular weight excluding hydrogens is 467 g/mol. The fourth-order valence-electron chi connectivity index (χ4n) is 5.37. The van der Waals surface area contributed by atoms with Crippen molar-refractivity contribution in [2.24, 2.45) is 0 Å². The number of carbonyl (C=O) groups excluding carboxylic acids is 1. The van der Waals surface area contributed by atoms with Crippen LogP contribution in [0.4, 0.5) is 4.39 Å². The molecule has 5 rings (SSSR count). The fourth-order valence-corrected chi connectivity index (χ4v) is 6.45. The average molecular weight is 497 g/mol. The van der Waals surface area contributed by atoms with Gasteiger partial charge in [-0.1, -0.05) is 18.2 Å². The SMILES string of the molecule is Cc1ccccc1C(=O)NC1CCC(n2c(=O)c3cc(F)cnc3n(C3CCSCC3)c2=O)CC1. The lowest BCUT2D eigenvalue weighted by atomic mass is 9.90. The number of aromatic nitrogens is 3. The molecule has 2 fully saturated rings. The number of hydrogen-bond acceptors (Lipinski definition) is 5. The number of amides is 1. The Morgan fingerprint density at radius 2 is 1.71 bits per heavy atom. The molecule has 1 aromatic carbocycles. The van der Waals surface area contributed by atoms with E-state index < -0.39 is 11.4 Å². The Bertz CT molecular complexity index is 1370. The predicted octanol–water partition coefficient (Wildman–Crippen LogP) is 3.99. The van der Waals surface area contributed by atoms with Crippen LogP contribution in [0.5, 0.6) is 0 Å². The van der Waals surface area contributed by atoms with Crippen LogP contribution >= 0.6 is 11.8 Å². The first-order valence-electron chi connectivity index (χ1n) is 12.2. The van der Waals surface area contributed by atoms with Gasteiger partial charge in [-0.15, -0.1) is 0 Å². The van der Waals surface area contributed by atoms with Crippen molar-refractivity contribution in [3.05, 3.63) is 74.3 Å². The number of thioether (sulfide) groups is 1. The number of halogens is 1. The predicted molar refractivity (Wildman–Crippen MR) is 136 cm³/mol. The van der Waals surface area contributed by atoms with E-state index in [1.165, 1.54) is 10.6 Å². The monoisotopic (exact) mass is 496 g/mol. The Morgan fingerprint density at radius 3 is 2.43 bits per heavy atom. The van der Waals surface area contributed by atoms with E-state index in [4.69, 9.17) is 0 Å². The molecule has 0 unspecified atom stereocenters. The van der Waals surface area contributed by atoms with E-state index in [1.54, 1.807) is 4.57 Å². The second-order valence-corrected chi connectivity index (χ2v) is 10.7.